The van der Waals surface area contributed by atoms with Crippen molar-refractivity contribution in [2.75, 3.05) is 6.54 Å². The van der Waals surface area contributed by atoms with Crippen LogP contribution in [-0.4, -0.2) is 23.7 Å². The summed E-state index contributed by atoms with van der Waals surface area (Å²) < 4.78 is 0. The fourth-order valence-corrected chi connectivity index (χ4v) is 4.45. The molecule has 4 heteroatoms. The zero-order valence-electron chi connectivity index (χ0n) is 20.0. The van der Waals surface area contributed by atoms with E-state index < -0.39 is 11.5 Å². The Morgan fingerprint density at radius 1 is 1.12 bits per heavy atom. The van der Waals surface area contributed by atoms with Gasteiger partial charge in [-0.2, -0.15) is 0 Å². The molecule has 4 nitrogen and oxygen atoms in total. The normalized spacial score (nSPS) is 18.4. The highest BCUT2D eigenvalue weighted by Gasteiger charge is 2.35. The lowest BCUT2D eigenvalue weighted by molar-refractivity contribution is -0.128. The van der Waals surface area contributed by atoms with Crippen molar-refractivity contribution in [1.82, 2.24) is 10.6 Å². The molecule has 0 bridgehead atoms. The second kappa shape index (κ2) is 10.3. The van der Waals surface area contributed by atoms with Crippen LogP contribution in [0, 0.1) is 17.3 Å². The average Bonchev–Trinajstić information content (AvgIpc) is 3.15. The molecule has 174 valence electrons. The van der Waals surface area contributed by atoms with E-state index >= 15 is 0 Å². The van der Waals surface area contributed by atoms with Gasteiger partial charge in [0.05, 0.1) is 12.1 Å². The molecule has 34 heavy (non-hydrogen) atoms. The third-order valence-corrected chi connectivity index (χ3v) is 6.48. The van der Waals surface area contributed by atoms with Crippen molar-refractivity contribution >= 4 is 16.7 Å². The Labute approximate surface area is 202 Å². The largest absolute Gasteiger partial charge is 0.390 e. The topological polar surface area (TPSA) is 61.4 Å². The van der Waals surface area contributed by atoms with E-state index in [9.17, 15) is 9.90 Å². The van der Waals surface area contributed by atoms with E-state index in [0.29, 0.717) is 13.0 Å². The van der Waals surface area contributed by atoms with Crippen LogP contribution in [0.1, 0.15) is 49.5 Å². The molecule has 3 aromatic rings. The van der Waals surface area contributed by atoms with Crippen LogP contribution < -0.4 is 10.6 Å². The minimum absolute atomic E-state index is 0.183. The quantitative estimate of drug-likeness (QED) is 0.469. The third kappa shape index (κ3) is 5.22. The fraction of sp³-hybridized carbons (Fsp3) is 0.300. The maximum absolute atomic E-state index is 12.9. The van der Waals surface area contributed by atoms with Gasteiger partial charge in [-0.15, -0.1) is 0 Å². The van der Waals surface area contributed by atoms with Crippen molar-refractivity contribution in [2.24, 2.45) is 5.41 Å². The number of nitrogens with one attached hydrogen (secondary N) is 2. The molecule has 0 spiro atoms. The first-order valence-corrected chi connectivity index (χ1v) is 11.8. The second-order valence-electron chi connectivity index (χ2n) is 9.42. The number of fused-ring (bicyclic) bond motifs is 2. The van der Waals surface area contributed by atoms with Gasteiger partial charge in [-0.25, -0.2) is 0 Å². The molecular weight excluding hydrogens is 420 g/mol. The van der Waals surface area contributed by atoms with Crippen molar-refractivity contribution in [2.45, 2.75) is 45.4 Å². The monoisotopic (exact) mass is 452 g/mol. The number of allylic oxidation sites excluding steroid dienone is 1. The minimum Gasteiger partial charge on any atom is -0.390 e. The molecule has 1 aliphatic carbocycles. The van der Waals surface area contributed by atoms with Crippen molar-refractivity contribution in [3.05, 3.63) is 95.6 Å². The molecule has 0 radical (unpaired) electrons. The summed E-state index contributed by atoms with van der Waals surface area (Å²) in [6.45, 7) is 6.44. The molecular formula is C30H32N2O2. The van der Waals surface area contributed by atoms with Crippen LogP contribution in [-0.2, 0) is 11.2 Å². The number of benzene rings is 3. The molecule has 1 amide bonds. The van der Waals surface area contributed by atoms with Gasteiger partial charge in [0, 0.05) is 19.0 Å². The minimum atomic E-state index is -0.870. The van der Waals surface area contributed by atoms with Crippen molar-refractivity contribution in [3.63, 3.8) is 0 Å². The van der Waals surface area contributed by atoms with E-state index in [1.807, 2.05) is 30.3 Å². The SMILES string of the molecule is C[C@@H](NC/C=C/C#CC(C)(C)C(=O)NC1c2ccccc2C[C@H]1O)c1cccc2ccccc12. The number of carbonyl (C=O) groups excluding carboxylic acids is 1. The predicted octanol–water partition coefficient (Wildman–Crippen LogP) is 4.85. The number of rotatable bonds is 6. The van der Waals surface area contributed by atoms with Crippen molar-refractivity contribution in [1.29, 1.82) is 0 Å². The lowest BCUT2D eigenvalue weighted by Gasteiger charge is -2.23. The van der Waals surface area contributed by atoms with E-state index in [4.69, 9.17) is 0 Å². The van der Waals surface area contributed by atoms with Crippen LogP contribution in [0.3, 0.4) is 0 Å². The van der Waals surface area contributed by atoms with E-state index in [-0.39, 0.29) is 18.0 Å². The van der Waals surface area contributed by atoms with Crippen LogP contribution in [0.2, 0.25) is 0 Å². The highest BCUT2D eigenvalue weighted by Crippen LogP contribution is 2.32. The summed E-state index contributed by atoms with van der Waals surface area (Å²) in [4.78, 5) is 12.9. The number of aliphatic hydroxyl groups excluding tert-OH is 1. The Morgan fingerprint density at radius 3 is 2.71 bits per heavy atom. The Morgan fingerprint density at radius 2 is 1.85 bits per heavy atom. The zero-order valence-corrected chi connectivity index (χ0v) is 20.0. The Kier molecular flexibility index (Phi) is 7.17. The van der Waals surface area contributed by atoms with Gasteiger partial charge in [-0.3, -0.25) is 4.79 Å². The van der Waals surface area contributed by atoms with Gasteiger partial charge in [0.1, 0.15) is 5.41 Å². The van der Waals surface area contributed by atoms with Gasteiger partial charge in [0.25, 0.3) is 0 Å². The lowest BCUT2D eigenvalue weighted by atomic mass is 9.92. The third-order valence-electron chi connectivity index (χ3n) is 6.48. The lowest BCUT2D eigenvalue weighted by Crippen LogP contribution is -2.41. The summed E-state index contributed by atoms with van der Waals surface area (Å²) in [5, 5.41) is 19.4. The highest BCUT2D eigenvalue weighted by atomic mass is 16.3. The van der Waals surface area contributed by atoms with Crippen LogP contribution in [0.5, 0.6) is 0 Å². The van der Waals surface area contributed by atoms with E-state index in [2.05, 4.69) is 71.9 Å². The molecule has 3 atom stereocenters. The van der Waals surface area contributed by atoms with Gasteiger partial charge in [0.15, 0.2) is 0 Å². The molecule has 0 heterocycles. The Bertz CT molecular complexity index is 1260. The highest BCUT2D eigenvalue weighted by molar-refractivity contribution is 5.86. The average molecular weight is 453 g/mol. The standard InChI is InChI=1S/C30H32N2O2/c1-21(24-17-11-14-22-12-5-7-15-25(22)24)31-19-10-4-9-18-30(2,3)29(34)32-28-26-16-8-6-13-23(26)20-27(28)33/h4-8,10-17,21,27-28,31,33H,19-20H2,1-3H3,(H,32,34)/b10-4+/t21-,27-,28?/m1/s1. The second-order valence-corrected chi connectivity index (χ2v) is 9.42. The fourth-order valence-electron chi connectivity index (χ4n) is 4.45. The van der Waals surface area contributed by atoms with Crippen LogP contribution >= 0.6 is 0 Å². The van der Waals surface area contributed by atoms with E-state index in [1.165, 1.54) is 16.3 Å². The van der Waals surface area contributed by atoms with Crippen LogP contribution in [0.15, 0.2) is 78.9 Å². The smallest absolute Gasteiger partial charge is 0.238 e. The number of hydrogen-bond donors (Lipinski definition) is 3. The van der Waals surface area contributed by atoms with Crippen LogP contribution in [0.4, 0.5) is 0 Å². The first kappa shape index (κ1) is 23.8. The molecule has 0 saturated carbocycles. The van der Waals surface area contributed by atoms with E-state index in [1.54, 1.807) is 19.9 Å². The van der Waals surface area contributed by atoms with Crippen LogP contribution in [0.25, 0.3) is 10.8 Å². The summed E-state index contributed by atoms with van der Waals surface area (Å²) >= 11 is 0. The molecule has 3 aromatic carbocycles. The van der Waals surface area contributed by atoms with Crippen molar-refractivity contribution in [3.8, 4) is 11.8 Å². The summed E-state index contributed by atoms with van der Waals surface area (Å²) in [5.41, 5.74) is 2.47. The first-order valence-electron chi connectivity index (χ1n) is 11.8. The van der Waals surface area contributed by atoms with Gasteiger partial charge >= 0.3 is 0 Å². The molecule has 0 aromatic heterocycles. The molecule has 1 unspecified atom stereocenters. The van der Waals surface area contributed by atoms with E-state index in [0.717, 1.165) is 11.1 Å². The summed E-state index contributed by atoms with van der Waals surface area (Å²) in [6.07, 6.45) is 3.71. The number of aliphatic hydroxyl groups is 1. The van der Waals surface area contributed by atoms with Crippen molar-refractivity contribution < 1.29 is 9.90 Å². The molecule has 0 fully saturated rings. The summed E-state index contributed by atoms with van der Waals surface area (Å²) in [7, 11) is 0. The van der Waals surface area contributed by atoms with Gasteiger partial charge in [-0.1, -0.05) is 84.6 Å². The number of hydrogen-bond acceptors (Lipinski definition) is 3. The number of amides is 1. The van der Waals surface area contributed by atoms with Gasteiger partial charge in [0.2, 0.25) is 5.91 Å². The molecule has 1 aliphatic rings. The predicted molar refractivity (Wildman–Crippen MR) is 138 cm³/mol. The summed E-state index contributed by atoms with van der Waals surface area (Å²) in [6, 6.07) is 22.4. The maximum Gasteiger partial charge on any atom is 0.238 e. The molecule has 3 N–H and O–H groups in total. The molecule has 0 aliphatic heterocycles. The molecule has 4 rings (SSSR count). The van der Waals surface area contributed by atoms with Gasteiger partial charge in [-0.05, 0) is 54.3 Å². The Balaban J connectivity index is 1.32. The number of carbonyl (C=O) groups is 1. The maximum atomic E-state index is 12.9. The van der Waals surface area contributed by atoms with Gasteiger partial charge < -0.3 is 15.7 Å². The first-order chi connectivity index (χ1) is 16.4. The summed E-state index contributed by atoms with van der Waals surface area (Å²) in [5.74, 6) is 5.88. The Hall–Kier alpha value is -3.39. The zero-order chi connectivity index (χ0) is 24.1. The molecule has 0 saturated heterocycles.